The number of benzene rings is 1. The summed E-state index contributed by atoms with van der Waals surface area (Å²) in [5.74, 6) is 0.617. The average Bonchev–Trinajstić information content (AvgIpc) is 2.56. The highest BCUT2D eigenvalue weighted by Crippen LogP contribution is 2.24. The van der Waals surface area contributed by atoms with Crippen LogP contribution in [0, 0.1) is 6.92 Å². The van der Waals surface area contributed by atoms with Gasteiger partial charge in [-0.2, -0.15) is 8.75 Å². The zero-order valence-corrected chi connectivity index (χ0v) is 9.06. The van der Waals surface area contributed by atoms with Gasteiger partial charge in [0.15, 0.2) is 11.0 Å². The first-order valence-electron chi connectivity index (χ1n) is 4.08. The van der Waals surface area contributed by atoms with Crippen LogP contribution in [0.15, 0.2) is 24.3 Å². The van der Waals surface area contributed by atoms with Crippen LogP contribution in [0.25, 0.3) is 0 Å². The molecule has 0 bridgehead atoms. The van der Waals surface area contributed by atoms with Crippen LogP contribution in [0.1, 0.15) is 5.56 Å². The van der Waals surface area contributed by atoms with Crippen LogP contribution in [0.3, 0.4) is 0 Å². The van der Waals surface area contributed by atoms with Crippen molar-refractivity contribution >= 4 is 34.8 Å². The van der Waals surface area contributed by atoms with Crippen LogP contribution in [-0.4, -0.2) is 8.75 Å². The van der Waals surface area contributed by atoms with Crippen molar-refractivity contribution in [2.45, 2.75) is 6.92 Å². The number of hydrogen-bond acceptors (Lipinski definition) is 4. The summed E-state index contributed by atoms with van der Waals surface area (Å²) in [4.78, 5) is 0. The number of anilines is 2. The molecule has 2 aromatic rings. The van der Waals surface area contributed by atoms with E-state index in [1.165, 1.54) is 0 Å². The number of hydrogen-bond donors (Lipinski definition) is 1. The zero-order valence-electron chi connectivity index (χ0n) is 7.49. The predicted octanol–water partition coefficient (Wildman–Crippen LogP) is 3.24. The fraction of sp³-hybridized carbons (Fsp3) is 0.111. The Morgan fingerprint density at radius 2 is 2.07 bits per heavy atom. The van der Waals surface area contributed by atoms with Gasteiger partial charge in [-0.1, -0.05) is 29.8 Å². The molecule has 3 nitrogen and oxygen atoms in total. The molecule has 1 heterocycles. The molecule has 2 rings (SSSR count). The maximum absolute atomic E-state index is 5.82. The molecule has 0 aliphatic carbocycles. The molecule has 0 amide bonds. The second-order valence-electron chi connectivity index (χ2n) is 2.84. The van der Waals surface area contributed by atoms with Crippen molar-refractivity contribution in [3.05, 3.63) is 35.0 Å². The molecule has 1 aromatic carbocycles. The highest BCUT2D eigenvalue weighted by molar-refractivity contribution is 6.99. The molecule has 1 aromatic heterocycles. The Hall–Kier alpha value is -1.13. The number of rotatable bonds is 2. The van der Waals surface area contributed by atoms with Gasteiger partial charge >= 0.3 is 0 Å². The smallest absolute Gasteiger partial charge is 0.187 e. The second-order valence-corrected chi connectivity index (χ2v) is 3.73. The van der Waals surface area contributed by atoms with E-state index in [1.54, 1.807) is 0 Å². The van der Waals surface area contributed by atoms with Gasteiger partial charge < -0.3 is 5.32 Å². The minimum Gasteiger partial charge on any atom is -0.337 e. The predicted molar refractivity (Wildman–Crippen MR) is 59.4 cm³/mol. The van der Waals surface area contributed by atoms with Crippen molar-refractivity contribution in [1.82, 2.24) is 8.75 Å². The Labute approximate surface area is 91.1 Å². The van der Waals surface area contributed by atoms with E-state index in [1.807, 2.05) is 31.2 Å². The molecule has 0 unspecified atom stereocenters. The molecule has 14 heavy (non-hydrogen) atoms. The van der Waals surface area contributed by atoms with E-state index in [-0.39, 0.29) is 0 Å². The third-order valence-corrected chi connectivity index (χ3v) is 2.74. The molecule has 5 heteroatoms. The lowest BCUT2D eigenvalue weighted by Gasteiger charge is -2.05. The van der Waals surface area contributed by atoms with Crippen molar-refractivity contribution in [2.75, 3.05) is 5.32 Å². The lowest BCUT2D eigenvalue weighted by atomic mass is 10.2. The molecular formula is C9H8ClN3S. The van der Waals surface area contributed by atoms with Gasteiger partial charge in [0.2, 0.25) is 0 Å². The van der Waals surface area contributed by atoms with Crippen LogP contribution < -0.4 is 5.32 Å². The van der Waals surface area contributed by atoms with Crippen molar-refractivity contribution in [2.24, 2.45) is 0 Å². The fourth-order valence-corrected chi connectivity index (χ4v) is 1.74. The van der Waals surface area contributed by atoms with E-state index in [2.05, 4.69) is 14.1 Å². The molecule has 0 atom stereocenters. The Bertz CT molecular complexity index is 441. The van der Waals surface area contributed by atoms with E-state index < -0.39 is 0 Å². The summed E-state index contributed by atoms with van der Waals surface area (Å²) >= 11 is 6.91. The van der Waals surface area contributed by atoms with Gasteiger partial charge in [-0.3, -0.25) is 0 Å². The van der Waals surface area contributed by atoms with Crippen LogP contribution in [0.5, 0.6) is 0 Å². The third-order valence-electron chi connectivity index (χ3n) is 1.85. The zero-order chi connectivity index (χ0) is 9.97. The Balaban J connectivity index is 2.28. The van der Waals surface area contributed by atoms with E-state index >= 15 is 0 Å². The fourth-order valence-electron chi connectivity index (χ4n) is 1.09. The quantitative estimate of drug-likeness (QED) is 0.853. The summed E-state index contributed by atoms with van der Waals surface area (Å²) in [5.41, 5.74) is 2.15. The van der Waals surface area contributed by atoms with E-state index in [0.29, 0.717) is 11.0 Å². The summed E-state index contributed by atoms with van der Waals surface area (Å²) < 4.78 is 7.92. The standard InChI is InChI=1S/C9H8ClN3S/c1-6-4-2-3-5-7(6)11-9-8(10)12-14-13-9/h2-5H,1H3,(H,11,13). The van der Waals surface area contributed by atoms with Gasteiger partial charge in [0, 0.05) is 5.69 Å². The van der Waals surface area contributed by atoms with Gasteiger partial charge in [-0.15, -0.1) is 0 Å². The summed E-state index contributed by atoms with van der Waals surface area (Å²) in [6.45, 7) is 2.02. The van der Waals surface area contributed by atoms with Crippen molar-refractivity contribution in [3.8, 4) is 0 Å². The van der Waals surface area contributed by atoms with Crippen molar-refractivity contribution < 1.29 is 0 Å². The van der Waals surface area contributed by atoms with Gasteiger partial charge in [-0.25, -0.2) is 0 Å². The molecule has 0 saturated carbocycles. The molecule has 0 saturated heterocycles. The highest BCUT2D eigenvalue weighted by Gasteiger charge is 2.05. The minimum absolute atomic E-state index is 0.415. The summed E-state index contributed by atoms with van der Waals surface area (Å²) in [5, 5.41) is 3.54. The Kier molecular flexibility index (Phi) is 2.65. The normalized spacial score (nSPS) is 10.1. The molecule has 0 aliphatic rings. The number of nitrogens with one attached hydrogen (secondary N) is 1. The number of nitrogens with zero attached hydrogens (tertiary/aromatic N) is 2. The van der Waals surface area contributed by atoms with Crippen LogP contribution in [0.2, 0.25) is 5.15 Å². The molecule has 72 valence electrons. The number of aromatic nitrogens is 2. The molecule has 0 radical (unpaired) electrons. The number of halogens is 1. The van der Waals surface area contributed by atoms with Crippen LogP contribution in [0.4, 0.5) is 11.5 Å². The van der Waals surface area contributed by atoms with Gasteiger partial charge in [0.25, 0.3) is 0 Å². The first-order valence-corrected chi connectivity index (χ1v) is 5.19. The first-order chi connectivity index (χ1) is 6.77. The Morgan fingerprint density at radius 3 is 2.71 bits per heavy atom. The number of aryl methyl sites for hydroxylation is 1. The van der Waals surface area contributed by atoms with Crippen LogP contribution >= 0.6 is 23.3 Å². The Morgan fingerprint density at radius 1 is 1.29 bits per heavy atom. The van der Waals surface area contributed by atoms with Crippen molar-refractivity contribution in [1.29, 1.82) is 0 Å². The number of para-hydroxylation sites is 1. The topological polar surface area (TPSA) is 37.8 Å². The lowest BCUT2D eigenvalue weighted by Crippen LogP contribution is -1.93. The van der Waals surface area contributed by atoms with Gasteiger partial charge in [0.1, 0.15) is 0 Å². The summed E-state index contributed by atoms with van der Waals surface area (Å²) in [6, 6.07) is 7.95. The molecule has 1 N–H and O–H groups in total. The highest BCUT2D eigenvalue weighted by atomic mass is 35.5. The van der Waals surface area contributed by atoms with Crippen molar-refractivity contribution in [3.63, 3.8) is 0 Å². The van der Waals surface area contributed by atoms with Gasteiger partial charge in [-0.05, 0) is 18.6 Å². The third kappa shape index (κ3) is 1.86. The van der Waals surface area contributed by atoms with E-state index in [9.17, 15) is 0 Å². The van der Waals surface area contributed by atoms with Gasteiger partial charge in [0.05, 0.1) is 11.7 Å². The molecule has 0 fully saturated rings. The van der Waals surface area contributed by atoms with E-state index in [4.69, 9.17) is 11.6 Å². The minimum atomic E-state index is 0.415. The second kappa shape index (κ2) is 3.94. The summed E-state index contributed by atoms with van der Waals surface area (Å²) in [6.07, 6.45) is 0. The maximum Gasteiger partial charge on any atom is 0.187 e. The molecule has 0 aliphatic heterocycles. The molecule has 0 spiro atoms. The first kappa shape index (κ1) is 9.43. The largest absolute Gasteiger partial charge is 0.337 e. The maximum atomic E-state index is 5.82. The lowest BCUT2D eigenvalue weighted by molar-refractivity contribution is 1.39. The SMILES string of the molecule is Cc1ccccc1Nc1nsnc1Cl. The van der Waals surface area contributed by atoms with E-state index in [0.717, 1.165) is 23.0 Å². The summed E-state index contributed by atoms with van der Waals surface area (Å²) in [7, 11) is 0. The average molecular weight is 226 g/mol. The molecular weight excluding hydrogens is 218 g/mol. The monoisotopic (exact) mass is 225 g/mol. The van der Waals surface area contributed by atoms with Crippen LogP contribution in [-0.2, 0) is 0 Å².